The summed E-state index contributed by atoms with van der Waals surface area (Å²) in [5, 5.41) is 0. The van der Waals surface area contributed by atoms with Crippen LogP contribution < -0.4 is 4.74 Å². The van der Waals surface area contributed by atoms with Crippen LogP contribution in [-0.2, 0) is 6.42 Å². The van der Waals surface area contributed by atoms with Gasteiger partial charge in [-0.25, -0.2) is 0 Å². The van der Waals surface area contributed by atoms with E-state index in [4.69, 9.17) is 16.3 Å². The van der Waals surface area contributed by atoms with E-state index >= 15 is 0 Å². The van der Waals surface area contributed by atoms with Crippen molar-refractivity contribution in [2.45, 2.75) is 18.9 Å². The first-order valence-corrected chi connectivity index (χ1v) is 6.24. The largest absolute Gasteiger partial charge is 0.493 e. The van der Waals surface area contributed by atoms with Gasteiger partial charge in [0.1, 0.15) is 5.75 Å². The second-order valence-corrected chi connectivity index (χ2v) is 4.80. The van der Waals surface area contributed by atoms with Crippen molar-refractivity contribution in [1.29, 1.82) is 0 Å². The molecule has 2 rings (SSSR count). The average molecular weight is 240 g/mol. The summed E-state index contributed by atoms with van der Waals surface area (Å²) in [6.45, 7) is 0.820. The number of alkyl halides is 1. The SMILES string of the molecule is CN(C)C(CCCl)c1ccc2c(c1)CCO2. The number of hydrogen-bond donors (Lipinski definition) is 0. The second-order valence-electron chi connectivity index (χ2n) is 4.42. The summed E-state index contributed by atoms with van der Waals surface area (Å²) < 4.78 is 5.51. The zero-order valence-electron chi connectivity index (χ0n) is 9.87. The summed E-state index contributed by atoms with van der Waals surface area (Å²) in [5.41, 5.74) is 2.67. The monoisotopic (exact) mass is 239 g/mol. The van der Waals surface area contributed by atoms with Crippen LogP contribution in [0.15, 0.2) is 18.2 Å². The molecule has 0 spiro atoms. The molecular formula is C13H18ClNO. The van der Waals surface area contributed by atoms with Gasteiger partial charge in [-0.1, -0.05) is 12.1 Å². The predicted octanol–water partition coefficient (Wildman–Crippen LogP) is 2.85. The van der Waals surface area contributed by atoms with Crippen molar-refractivity contribution in [2.24, 2.45) is 0 Å². The summed E-state index contributed by atoms with van der Waals surface area (Å²) >= 11 is 5.86. The van der Waals surface area contributed by atoms with E-state index in [1.54, 1.807) is 0 Å². The number of halogens is 1. The topological polar surface area (TPSA) is 12.5 Å². The maximum Gasteiger partial charge on any atom is 0.122 e. The fourth-order valence-electron chi connectivity index (χ4n) is 2.24. The molecule has 0 saturated carbocycles. The molecule has 3 heteroatoms. The average Bonchev–Trinajstić information content (AvgIpc) is 2.72. The molecule has 1 aromatic carbocycles. The number of rotatable bonds is 4. The second kappa shape index (κ2) is 5.07. The van der Waals surface area contributed by atoms with Gasteiger partial charge in [0.2, 0.25) is 0 Å². The molecule has 0 N–H and O–H groups in total. The van der Waals surface area contributed by atoms with Crippen molar-refractivity contribution in [2.75, 3.05) is 26.6 Å². The molecule has 1 aliphatic heterocycles. The first-order chi connectivity index (χ1) is 7.72. The van der Waals surface area contributed by atoms with Gasteiger partial charge in [0.25, 0.3) is 0 Å². The van der Waals surface area contributed by atoms with E-state index in [0.717, 1.165) is 25.2 Å². The summed E-state index contributed by atoms with van der Waals surface area (Å²) in [7, 11) is 4.20. The maximum absolute atomic E-state index is 5.86. The normalized spacial score (nSPS) is 16.0. The first-order valence-electron chi connectivity index (χ1n) is 5.70. The highest BCUT2D eigenvalue weighted by Gasteiger charge is 2.17. The summed E-state index contributed by atoms with van der Waals surface area (Å²) in [5.74, 6) is 1.74. The minimum Gasteiger partial charge on any atom is -0.493 e. The number of ether oxygens (including phenoxy) is 1. The van der Waals surface area contributed by atoms with Crippen LogP contribution in [0.25, 0.3) is 0 Å². The van der Waals surface area contributed by atoms with Gasteiger partial charge in [-0.05, 0) is 37.7 Å². The van der Waals surface area contributed by atoms with Gasteiger partial charge in [-0.2, -0.15) is 0 Å². The van der Waals surface area contributed by atoms with E-state index in [0.29, 0.717) is 11.9 Å². The Morgan fingerprint density at radius 3 is 2.94 bits per heavy atom. The number of fused-ring (bicyclic) bond motifs is 1. The molecule has 0 bridgehead atoms. The molecule has 1 heterocycles. The van der Waals surface area contributed by atoms with Gasteiger partial charge in [0.15, 0.2) is 0 Å². The molecule has 1 atom stereocenters. The van der Waals surface area contributed by atoms with E-state index < -0.39 is 0 Å². The van der Waals surface area contributed by atoms with Crippen LogP contribution in [0.5, 0.6) is 5.75 Å². The Morgan fingerprint density at radius 1 is 1.44 bits per heavy atom. The summed E-state index contributed by atoms with van der Waals surface area (Å²) in [6, 6.07) is 6.91. The van der Waals surface area contributed by atoms with Crippen molar-refractivity contribution in [1.82, 2.24) is 4.90 Å². The lowest BCUT2D eigenvalue weighted by Crippen LogP contribution is -2.20. The molecule has 1 unspecified atom stereocenters. The lowest BCUT2D eigenvalue weighted by atomic mass is 10.00. The van der Waals surface area contributed by atoms with E-state index in [-0.39, 0.29) is 0 Å². The lowest BCUT2D eigenvalue weighted by Gasteiger charge is -2.24. The molecule has 0 aliphatic carbocycles. The Balaban J connectivity index is 2.24. The van der Waals surface area contributed by atoms with Crippen LogP contribution in [0.4, 0.5) is 0 Å². The molecule has 16 heavy (non-hydrogen) atoms. The minimum absolute atomic E-state index is 0.406. The molecular weight excluding hydrogens is 222 g/mol. The maximum atomic E-state index is 5.86. The molecule has 0 saturated heterocycles. The molecule has 0 fully saturated rings. The Hall–Kier alpha value is -0.730. The highest BCUT2D eigenvalue weighted by Crippen LogP contribution is 2.30. The van der Waals surface area contributed by atoms with Gasteiger partial charge in [0.05, 0.1) is 6.61 Å². The Kier molecular flexibility index (Phi) is 3.72. The van der Waals surface area contributed by atoms with Gasteiger partial charge in [-0.3, -0.25) is 0 Å². The summed E-state index contributed by atoms with van der Waals surface area (Å²) in [4.78, 5) is 2.22. The Labute approximate surface area is 102 Å². The molecule has 0 amide bonds. The molecule has 0 aromatic heterocycles. The number of nitrogens with zero attached hydrogens (tertiary/aromatic N) is 1. The zero-order chi connectivity index (χ0) is 11.5. The highest BCUT2D eigenvalue weighted by atomic mass is 35.5. The number of benzene rings is 1. The van der Waals surface area contributed by atoms with Crippen molar-refractivity contribution in [3.63, 3.8) is 0 Å². The molecule has 2 nitrogen and oxygen atoms in total. The van der Waals surface area contributed by atoms with Crippen LogP contribution in [0.1, 0.15) is 23.6 Å². The van der Waals surface area contributed by atoms with Crippen LogP contribution in [0.3, 0.4) is 0 Å². The van der Waals surface area contributed by atoms with Gasteiger partial charge in [0, 0.05) is 18.3 Å². The standard InChI is InChI=1S/C13H18ClNO/c1-15(2)12(5-7-14)10-3-4-13-11(9-10)6-8-16-13/h3-4,9,12H,5-8H2,1-2H3. The quantitative estimate of drug-likeness (QED) is 0.750. The van der Waals surface area contributed by atoms with Crippen molar-refractivity contribution in [3.05, 3.63) is 29.3 Å². The number of hydrogen-bond acceptors (Lipinski definition) is 2. The van der Waals surface area contributed by atoms with Crippen molar-refractivity contribution < 1.29 is 4.74 Å². The van der Waals surface area contributed by atoms with Crippen molar-refractivity contribution in [3.8, 4) is 5.75 Å². The highest BCUT2D eigenvalue weighted by molar-refractivity contribution is 6.17. The lowest BCUT2D eigenvalue weighted by molar-refractivity contribution is 0.293. The molecule has 1 aliphatic rings. The third-order valence-corrected chi connectivity index (χ3v) is 3.32. The molecule has 0 radical (unpaired) electrons. The molecule has 88 valence electrons. The van der Waals surface area contributed by atoms with E-state index in [1.807, 2.05) is 0 Å². The Bertz CT molecular complexity index is 365. The molecule has 1 aromatic rings. The smallest absolute Gasteiger partial charge is 0.122 e. The fraction of sp³-hybridized carbons (Fsp3) is 0.538. The van der Waals surface area contributed by atoms with E-state index in [2.05, 4.69) is 37.2 Å². The van der Waals surface area contributed by atoms with E-state index in [1.165, 1.54) is 11.1 Å². The van der Waals surface area contributed by atoms with Gasteiger partial charge >= 0.3 is 0 Å². The zero-order valence-corrected chi connectivity index (χ0v) is 10.6. The Morgan fingerprint density at radius 2 is 2.25 bits per heavy atom. The predicted molar refractivity (Wildman–Crippen MR) is 67.4 cm³/mol. The minimum atomic E-state index is 0.406. The van der Waals surface area contributed by atoms with Gasteiger partial charge < -0.3 is 9.64 Å². The summed E-state index contributed by atoms with van der Waals surface area (Å²) in [6.07, 6.45) is 2.01. The van der Waals surface area contributed by atoms with Gasteiger partial charge in [-0.15, -0.1) is 11.6 Å². The third-order valence-electron chi connectivity index (χ3n) is 3.10. The van der Waals surface area contributed by atoms with Crippen LogP contribution >= 0.6 is 11.6 Å². The van der Waals surface area contributed by atoms with Crippen molar-refractivity contribution >= 4 is 11.6 Å². The first kappa shape index (κ1) is 11.7. The van der Waals surface area contributed by atoms with Crippen LogP contribution in [0, 0.1) is 0 Å². The van der Waals surface area contributed by atoms with Crippen LogP contribution in [0.2, 0.25) is 0 Å². The fourth-order valence-corrected chi connectivity index (χ4v) is 2.45. The van der Waals surface area contributed by atoms with Crippen LogP contribution in [-0.4, -0.2) is 31.5 Å². The third kappa shape index (κ3) is 2.33. The van der Waals surface area contributed by atoms with E-state index in [9.17, 15) is 0 Å².